The summed E-state index contributed by atoms with van der Waals surface area (Å²) in [6.45, 7) is 1.74. The molecule has 0 unspecified atom stereocenters. The lowest BCUT2D eigenvalue weighted by molar-refractivity contribution is 0.300. The summed E-state index contributed by atoms with van der Waals surface area (Å²) in [7, 11) is 0. The van der Waals surface area contributed by atoms with Gasteiger partial charge in [-0.1, -0.05) is 17.7 Å². The third kappa shape index (κ3) is 7.17. The van der Waals surface area contributed by atoms with Crippen molar-refractivity contribution >= 4 is 41.3 Å². The Morgan fingerprint density at radius 1 is 0.897 bits per heavy atom. The highest BCUT2D eigenvalue weighted by atomic mass is 35.5. The van der Waals surface area contributed by atoms with E-state index in [1.165, 1.54) is 24.6 Å². The summed E-state index contributed by atoms with van der Waals surface area (Å²) in [5.74, 6) is 0.980. The fourth-order valence-corrected chi connectivity index (χ4v) is 4.23. The van der Waals surface area contributed by atoms with E-state index in [0.29, 0.717) is 33.9 Å². The van der Waals surface area contributed by atoms with Crippen molar-refractivity contribution in [2.45, 2.75) is 25.9 Å². The molecule has 1 aliphatic rings. The van der Waals surface area contributed by atoms with Crippen molar-refractivity contribution in [3.63, 3.8) is 0 Å². The summed E-state index contributed by atoms with van der Waals surface area (Å²) in [6, 6.07) is 17.6. The largest absolute Gasteiger partial charge is 0.489 e. The molecule has 2 heterocycles. The standard InChI is InChI=1S/C28H26ClF2N7O/c29-24-5-4-6-25(31)23(24)18-39-22-13-7-19(8-14-22)17-32-37-27-34-26(33-21-11-9-20(30)10-12-21)35-28(36-27)38-15-2-1-3-16-38/h4-14,17H,1-3,15-16,18H2,(H2,33,34,35,36,37)/b32-17+. The van der Waals surface area contributed by atoms with Gasteiger partial charge in [-0.3, -0.25) is 0 Å². The summed E-state index contributed by atoms with van der Waals surface area (Å²) in [5.41, 5.74) is 4.64. The number of anilines is 4. The molecule has 1 aliphatic heterocycles. The molecule has 1 saturated heterocycles. The Balaban J connectivity index is 1.25. The Bertz CT molecular complexity index is 1410. The molecule has 0 saturated carbocycles. The van der Waals surface area contributed by atoms with Gasteiger partial charge in [-0.15, -0.1) is 0 Å². The van der Waals surface area contributed by atoms with Crippen LogP contribution in [-0.2, 0) is 6.61 Å². The van der Waals surface area contributed by atoms with Crippen molar-refractivity contribution in [3.8, 4) is 5.75 Å². The topological polar surface area (TPSA) is 87.6 Å². The smallest absolute Gasteiger partial charge is 0.250 e. The average Bonchev–Trinajstić information content (AvgIpc) is 2.95. The SMILES string of the molecule is Fc1ccc(Nc2nc(N/N=C/c3ccc(OCc4c(F)cccc4Cl)cc3)nc(N3CCCCC3)n2)cc1. The Hall–Kier alpha value is -4.31. The molecule has 0 spiro atoms. The zero-order valence-electron chi connectivity index (χ0n) is 20.9. The molecule has 0 radical (unpaired) electrons. The van der Waals surface area contributed by atoms with Crippen LogP contribution in [0.25, 0.3) is 0 Å². The number of nitrogens with zero attached hydrogens (tertiary/aromatic N) is 5. The molecule has 1 aromatic heterocycles. The number of aromatic nitrogens is 3. The fourth-order valence-electron chi connectivity index (χ4n) is 4.01. The first kappa shape index (κ1) is 26.3. The van der Waals surface area contributed by atoms with Crippen LogP contribution in [0.2, 0.25) is 5.02 Å². The molecule has 11 heteroatoms. The Morgan fingerprint density at radius 3 is 2.38 bits per heavy atom. The molecule has 5 rings (SSSR count). The molecule has 1 fully saturated rings. The van der Waals surface area contributed by atoms with Gasteiger partial charge in [0.05, 0.1) is 11.2 Å². The van der Waals surface area contributed by atoms with E-state index in [4.69, 9.17) is 16.3 Å². The van der Waals surface area contributed by atoms with Crippen molar-refractivity contribution in [1.29, 1.82) is 0 Å². The molecule has 0 bridgehead atoms. The molecule has 2 N–H and O–H groups in total. The molecule has 0 atom stereocenters. The van der Waals surface area contributed by atoms with Gasteiger partial charge in [0.2, 0.25) is 17.8 Å². The third-order valence-electron chi connectivity index (χ3n) is 6.07. The first-order valence-corrected chi connectivity index (χ1v) is 12.9. The van der Waals surface area contributed by atoms with E-state index in [1.54, 1.807) is 42.6 Å². The lowest BCUT2D eigenvalue weighted by Crippen LogP contribution is -2.31. The van der Waals surface area contributed by atoms with Crippen LogP contribution in [0.4, 0.5) is 32.3 Å². The fraction of sp³-hybridized carbons (Fsp3) is 0.214. The van der Waals surface area contributed by atoms with E-state index in [0.717, 1.165) is 31.5 Å². The van der Waals surface area contributed by atoms with E-state index >= 15 is 0 Å². The second-order valence-corrected chi connectivity index (χ2v) is 9.30. The van der Waals surface area contributed by atoms with E-state index in [2.05, 4.69) is 35.7 Å². The Kier molecular flexibility index (Phi) is 8.42. The minimum absolute atomic E-state index is 0.0214. The van der Waals surface area contributed by atoms with Crippen LogP contribution in [0.5, 0.6) is 5.75 Å². The normalized spacial score (nSPS) is 13.5. The Labute approximate surface area is 229 Å². The number of ether oxygens (including phenoxy) is 1. The number of benzene rings is 3. The summed E-state index contributed by atoms with van der Waals surface area (Å²) in [5, 5.41) is 7.70. The summed E-state index contributed by atoms with van der Waals surface area (Å²) >= 11 is 6.06. The van der Waals surface area contributed by atoms with Crippen molar-refractivity contribution in [2.24, 2.45) is 5.10 Å². The van der Waals surface area contributed by atoms with Crippen LogP contribution in [-0.4, -0.2) is 34.3 Å². The molecular weight excluding hydrogens is 524 g/mol. The highest BCUT2D eigenvalue weighted by Gasteiger charge is 2.16. The maximum absolute atomic E-state index is 14.0. The Morgan fingerprint density at radius 2 is 1.64 bits per heavy atom. The van der Waals surface area contributed by atoms with Gasteiger partial charge in [-0.2, -0.15) is 20.1 Å². The van der Waals surface area contributed by atoms with Gasteiger partial charge in [0.15, 0.2) is 0 Å². The lowest BCUT2D eigenvalue weighted by Gasteiger charge is -2.26. The minimum atomic E-state index is -0.407. The zero-order chi connectivity index (χ0) is 27.0. The van der Waals surface area contributed by atoms with Gasteiger partial charge < -0.3 is 15.0 Å². The molecule has 200 valence electrons. The molecule has 39 heavy (non-hydrogen) atoms. The van der Waals surface area contributed by atoms with Crippen LogP contribution in [0.15, 0.2) is 71.8 Å². The first-order valence-electron chi connectivity index (χ1n) is 12.5. The summed E-state index contributed by atoms with van der Waals surface area (Å²) in [4.78, 5) is 15.6. The second kappa shape index (κ2) is 12.5. The van der Waals surface area contributed by atoms with Crippen LogP contribution in [0.3, 0.4) is 0 Å². The number of hydrogen-bond donors (Lipinski definition) is 2. The molecule has 0 aliphatic carbocycles. The average molecular weight is 550 g/mol. The second-order valence-electron chi connectivity index (χ2n) is 8.89. The van der Waals surface area contributed by atoms with E-state index < -0.39 is 5.82 Å². The predicted molar refractivity (Wildman–Crippen MR) is 149 cm³/mol. The van der Waals surface area contributed by atoms with Gasteiger partial charge in [0.1, 0.15) is 24.0 Å². The van der Waals surface area contributed by atoms with Crippen LogP contribution < -0.4 is 20.4 Å². The molecule has 0 amide bonds. The highest BCUT2D eigenvalue weighted by molar-refractivity contribution is 6.31. The number of piperidine rings is 1. The molecule has 3 aromatic carbocycles. The van der Waals surface area contributed by atoms with Crippen molar-refractivity contribution < 1.29 is 13.5 Å². The van der Waals surface area contributed by atoms with Crippen LogP contribution in [0.1, 0.15) is 30.4 Å². The number of hydrazone groups is 1. The third-order valence-corrected chi connectivity index (χ3v) is 6.42. The van der Waals surface area contributed by atoms with Gasteiger partial charge in [-0.25, -0.2) is 14.2 Å². The minimum Gasteiger partial charge on any atom is -0.489 e. The highest BCUT2D eigenvalue weighted by Crippen LogP contribution is 2.23. The van der Waals surface area contributed by atoms with E-state index in [1.807, 2.05) is 12.1 Å². The van der Waals surface area contributed by atoms with Gasteiger partial charge in [0, 0.05) is 24.3 Å². The monoisotopic (exact) mass is 549 g/mol. The summed E-state index contributed by atoms with van der Waals surface area (Å²) in [6.07, 6.45) is 4.94. The quantitative estimate of drug-likeness (QED) is 0.180. The van der Waals surface area contributed by atoms with Gasteiger partial charge in [0.25, 0.3) is 0 Å². The lowest BCUT2D eigenvalue weighted by atomic mass is 10.1. The van der Waals surface area contributed by atoms with Gasteiger partial charge in [-0.05, 0) is 85.5 Å². The zero-order valence-corrected chi connectivity index (χ0v) is 21.7. The van der Waals surface area contributed by atoms with Gasteiger partial charge >= 0.3 is 0 Å². The maximum atomic E-state index is 14.0. The molecule has 8 nitrogen and oxygen atoms in total. The molecule has 4 aromatic rings. The maximum Gasteiger partial charge on any atom is 0.250 e. The molecular formula is C28H26ClF2N7O. The first-order chi connectivity index (χ1) is 19.0. The number of rotatable bonds is 9. The van der Waals surface area contributed by atoms with E-state index in [9.17, 15) is 8.78 Å². The number of halogens is 3. The number of nitrogens with one attached hydrogen (secondary N) is 2. The number of hydrogen-bond acceptors (Lipinski definition) is 8. The van der Waals surface area contributed by atoms with Crippen LogP contribution >= 0.6 is 11.6 Å². The van der Waals surface area contributed by atoms with Crippen molar-refractivity contribution in [1.82, 2.24) is 15.0 Å². The van der Waals surface area contributed by atoms with E-state index in [-0.39, 0.29) is 18.4 Å². The van der Waals surface area contributed by atoms with Crippen molar-refractivity contribution in [3.05, 3.63) is 94.5 Å². The van der Waals surface area contributed by atoms with Crippen molar-refractivity contribution in [2.75, 3.05) is 28.7 Å². The predicted octanol–water partition coefficient (Wildman–Crippen LogP) is 6.56. The van der Waals surface area contributed by atoms with Crippen LogP contribution in [0, 0.1) is 11.6 Å². The summed E-state index contributed by atoms with van der Waals surface area (Å²) < 4.78 is 32.9.